The summed E-state index contributed by atoms with van der Waals surface area (Å²) in [6, 6.07) is 7.98. The zero-order chi connectivity index (χ0) is 14.7. The highest BCUT2D eigenvalue weighted by Gasteiger charge is 2.05. The Morgan fingerprint density at radius 3 is 3.00 bits per heavy atom. The van der Waals surface area contributed by atoms with Crippen molar-refractivity contribution >= 4 is 23.1 Å². The van der Waals surface area contributed by atoms with Crippen molar-refractivity contribution in [3.63, 3.8) is 0 Å². The number of nitrogens with zero attached hydrogens (tertiary/aromatic N) is 4. The van der Waals surface area contributed by atoms with E-state index in [1.54, 1.807) is 17.5 Å². The number of nitrogens with one attached hydrogen (secondary N) is 2. The van der Waals surface area contributed by atoms with Crippen LogP contribution >= 0.6 is 11.3 Å². The van der Waals surface area contributed by atoms with E-state index in [9.17, 15) is 0 Å². The molecular weight excluding hydrogens is 284 g/mol. The van der Waals surface area contributed by atoms with Gasteiger partial charge in [-0.25, -0.2) is 4.98 Å². The standard InChI is InChI=1S/C14H16N6S/c1-20(2)14-15-6-5-13(17-14)16-9-10-8-11(19-18-10)12-4-3-7-21-12/h3-8H,9H2,1-2H3,(H,18,19)(H,15,16,17). The van der Waals surface area contributed by atoms with E-state index in [0.717, 1.165) is 22.1 Å². The van der Waals surface area contributed by atoms with Crippen molar-refractivity contribution in [2.45, 2.75) is 6.54 Å². The van der Waals surface area contributed by atoms with Crippen LogP contribution < -0.4 is 10.2 Å². The third-order valence-electron chi connectivity index (χ3n) is 2.91. The van der Waals surface area contributed by atoms with Gasteiger partial charge in [0.25, 0.3) is 0 Å². The van der Waals surface area contributed by atoms with E-state index in [1.165, 1.54) is 0 Å². The van der Waals surface area contributed by atoms with Crippen molar-refractivity contribution in [3.8, 4) is 10.6 Å². The number of aromatic nitrogens is 4. The summed E-state index contributed by atoms with van der Waals surface area (Å²) in [7, 11) is 3.84. The van der Waals surface area contributed by atoms with E-state index in [4.69, 9.17) is 0 Å². The Hall–Kier alpha value is -2.41. The molecule has 0 bridgehead atoms. The number of thiophene rings is 1. The van der Waals surface area contributed by atoms with Crippen molar-refractivity contribution in [2.24, 2.45) is 0 Å². The minimum absolute atomic E-state index is 0.641. The summed E-state index contributed by atoms with van der Waals surface area (Å²) in [4.78, 5) is 11.6. The normalized spacial score (nSPS) is 10.6. The Labute approximate surface area is 126 Å². The summed E-state index contributed by atoms with van der Waals surface area (Å²) in [5.41, 5.74) is 1.99. The SMILES string of the molecule is CN(C)c1nccc(NCc2cc(-c3cccs3)n[nH]2)n1. The van der Waals surface area contributed by atoms with Gasteiger partial charge >= 0.3 is 0 Å². The second-order valence-electron chi connectivity index (χ2n) is 4.75. The molecule has 0 unspecified atom stereocenters. The average Bonchev–Trinajstić information content (AvgIpc) is 3.16. The highest BCUT2D eigenvalue weighted by Crippen LogP contribution is 2.23. The maximum atomic E-state index is 4.42. The number of anilines is 2. The predicted octanol–water partition coefficient (Wildman–Crippen LogP) is 2.61. The van der Waals surface area contributed by atoms with Gasteiger partial charge in [-0.1, -0.05) is 6.07 Å². The van der Waals surface area contributed by atoms with Gasteiger partial charge in [0.05, 0.1) is 17.1 Å². The maximum absolute atomic E-state index is 4.42. The van der Waals surface area contributed by atoms with E-state index in [1.807, 2.05) is 42.6 Å². The van der Waals surface area contributed by atoms with Crippen LogP contribution in [0.5, 0.6) is 0 Å². The van der Waals surface area contributed by atoms with Gasteiger partial charge in [-0.3, -0.25) is 5.10 Å². The molecule has 6 nitrogen and oxygen atoms in total. The van der Waals surface area contributed by atoms with Gasteiger partial charge in [0.15, 0.2) is 0 Å². The molecule has 0 radical (unpaired) electrons. The Kier molecular flexibility index (Phi) is 3.83. The number of rotatable bonds is 5. The molecule has 0 aliphatic rings. The minimum Gasteiger partial charge on any atom is -0.364 e. The number of H-pyrrole nitrogens is 1. The van der Waals surface area contributed by atoms with Crippen molar-refractivity contribution in [1.82, 2.24) is 20.2 Å². The lowest BCUT2D eigenvalue weighted by Gasteiger charge is -2.11. The third kappa shape index (κ3) is 3.19. The molecule has 3 rings (SSSR count). The molecule has 0 amide bonds. The molecule has 0 atom stereocenters. The molecular formula is C14H16N6S. The highest BCUT2D eigenvalue weighted by molar-refractivity contribution is 7.13. The lowest BCUT2D eigenvalue weighted by Crippen LogP contribution is -2.13. The molecule has 3 aromatic rings. The van der Waals surface area contributed by atoms with Crippen LogP contribution in [0, 0.1) is 0 Å². The van der Waals surface area contributed by atoms with Crippen molar-refractivity contribution in [1.29, 1.82) is 0 Å². The van der Waals surface area contributed by atoms with E-state index >= 15 is 0 Å². The van der Waals surface area contributed by atoms with Crippen molar-refractivity contribution in [2.75, 3.05) is 24.3 Å². The van der Waals surface area contributed by atoms with Gasteiger partial charge in [-0.05, 0) is 23.6 Å². The van der Waals surface area contributed by atoms with Gasteiger partial charge in [0.2, 0.25) is 5.95 Å². The quantitative estimate of drug-likeness (QED) is 0.758. The summed E-state index contributed by atoms with van der Waals surface area (Å²) in [5.74, 6) is 1.48. The summed E-state index contributed by atoms with van der Waals surface area (Å²) in [6.07, 6.45) is 1.74. The fourth-order valence-electron chi connectivity index (χ4n) is 1.85. The second-order valence-corrected chi connectivity index (χ2v) is 5.69. The summed E-state index contributed by atoms with van der Waals surface area (Å²) in [6.45, 7) is 0.641. The zero-order valence-corrected chi connectivity index (χ0v) is 12.7. The molecule has 0 aliphatic carbocycles. The Morgan fingerprint density at radius 1 is 1.33 bits per heavy atom. The number of hydrogen-bond donors (Lipinski definition) is 2. The van der Waals surface area contributed by atoms with Gasteiger partial charge < -0.3 is 10.2 Å². The average molecular weight is 300 g/mol. The molecule has 0 saturated carbocycles. The maximum Gasteiger partial charge on any atom is 0.226 e. The van der Waals surface area contributed by atoms with Crippen LogP contribution in [0.3, 0.4) is 0 Å². The number of hydrogen-bond acceptors (Lipinski definition) is 6. The molecule has 2 N–H and O–H groups in total. The molecule has 0 saturated heterocycles. The lowest BCUT2D eigenvalue weighted by molar-refractivity contribution is 0.958. The second kappa shape index (κ2) is 5.92. The van der Waals surface area contributed by atoms with Gasteiger partial charge in [0.1, 0.15) is 11.5 Å². The minimum atomic E-state index is 0.641. The van der Waals surface area contributed by atoms with E-state index in [-0.39, 0.29) is 0 Å². The van der Waals surface area contributed by atoms with E-state index in [2.05, 4.69) is 31.5 Å². The summed E-state index contributed by atoms with van der Waals surface area (Å²) in [5, 5.41) is 12.7. The monoisotopic (exact) mass is 300 g/mol. The van der Waals surface area contributed by atoms with Crippen molar-refractivity contribution in [3.05, 3.63) is 41.5 Å². The molecule has 7 heteroatoms. The lowest BCUT2D eigenvalue weighted by atomic mass is 10.3. The first-order chi connectivity index (χ1) is 10.2. The van der Waals surface area contributed by atoms with Crippen LogP contribution in [0.25, 0.3) is 10.6 Å². The molecule has 108 valence electrons. The summed E-state index contributed by atoms with van der Waals surface area (Å²) < 4.78 is 0. The third-order valence-corrected chi connectivity index (χ3v) is 3.80. The topological polar surface area (TPSA) is 69.7 Å². The largest absolute Gasteiger partial charge is 0.364 e. The predicted molar refractivity (Wildman–Crippen MR) is 85.6 cm³/mol. The van der Waals surface area contributed by atoms with Crippen LogP contribution in [0.15, 0.2) is 35.8 Å². The molecule has 0 aliphatic heterocycles. The van der Waals surface area contributed by atoms with Crippen LogP contribution in [0.2, 0.25) is 0 Å². The van der Waals surface area contributed by atoms with E-state index in [0.29, 0.717) is 12.5 Å². The van der Waals surface area contributed by atoms with Gasteiger partial charge in [0, 0.05) is 20.3 Å². The van der Waals surface area contributed by atoms with Gasteiger partial charge in [-0.2, -0.15) is 10.1 Å². The molecule has 0 aromatic carbocycles. The van der Waals surface area contributed by atoms with Crippen molar-refractivity contribution < 1.29 is 0 Å². The number of aromatic amines is 1. The first kappa shape index (κ1) is 13.6. The summed E-state index contributed by atoms with van der Waals surface area (Å²) >= 11 is 1.68. The van der Waals surface area contributed by atoms with Crippen LogP contribution in [-0.2, 0) is 6.54 Å². The molecule has 3 aromatic heterocycles. The highest BCUT2D eigenvalue weighted by atomic mass is 32.1. The van der Waals surface area contributed by atoms with Crippen LogP contribution in [-0.4, -0.2) is 34.3 Å². The molecule has 21 heavy (non-hydrogen) atoms. The Morgan fingerprint density at radius 2 is 2.24 bits per heavy atom. The molecule has 0 fully saturated rings. The molecule has 3 heterocycles. The van der Waals surface area contributed by atoms with Crippen LogP contribution in [0.1, 0.15) is 5.69 Å². The molecule has 0 spiro atoms. The Bertz CT molecular complexity index is 704. The first-order valence-corrected chi connectivity index (χ1v) is 7.43. The zero-order valence-electron chi connectivity index (χ0n) is 11.9. The first-order valence-electron chi connectivity index (χ1n) is 6.55. The smallest absolute Gasteiger partial charge is 0.226 e. The fourth-order valence-corrected chi connectivity index (χ4v) is 2.54. The van der Waals surface area contributed by atoms with Gasteiger partial charge in [-0.15, -0.1) is 11.3 Å². The Balaban J connectivity index is 1.67. The fraction of sp³-hybridized carbons (Fsp3) is 0.214. The van der Waals surface area contributed by atoms with Crippen LogP contribution in [0.4, 0.5) is 11.8 Å². The van der Waals surface area contributed by atoms with E-state index < -0.39 is 0 Å².